The molecule has 6 nitrogen and oxygen atoms in total. The molecule has 0 heterocycles. The lowest BCUT2D eigenvalue weighted by molar-refractivity contribution is -0.167. The summed E-state index contributed by atoms with van der Waals surface area (Å²) in [6.45, 7) is 6.48. The van der Waals surface area contributed by atoms with Gasteiger partial charge < -0.3 is 14.2 Å². The largest absolute Gasteiger partial charge is 0.462 e. The van der Waals surface area contributed by atoms with Crippen LogP contribution in [0, 0.1) is 0 Å². The topological polar surface area (TPSA) is 78.9 Å². The Bertz CT molecular complexity index is 1170. The summed E-state index contributed by atoms with van der Waals surface area (Å²) in [4.78, 5) is 38.0. The molecule has 0 saturated carbocycles. The fourth-order valence-electron chi connectivity index (χ4n) is 7.63. The minimum atomic E-state index is -0.799. The summed E-state index contributed by atoms with van der Waals surface area (Å²) >= 11 is 0. The fraction of sp³-hybridized carbons (Fsp3) is 0.776. The van der Waals surface area contributed by atoms with Crippen LogP contribution in [0.15, 0.2) is 60.8 Å². The van der Waals surface area contributed by atoms with Crippen molar-refractivity contribution in [3.8, 4) is 0 Å². The Morgan fingerprint density at radius 2 is 0.625 bits per heavy atom. The molecule has 6 heteroatoms. The van der Waals surface area contributed by atoms with Crippen molar-refractivity contribution >= 4 is 17.9 Å². The molecule has 0 fully saturated rings. The maximum Gasteiger partial charge on any atom is 0.306 e. The molecule has 0 saturated heterocycles. The summed E-state index contributed by atoms with van der Waals surface area (Å²) < 4.78 is 16.8. The van der Waals surface area contributed by atoms with Gasteiger partial charge in [-0.2, -0.15) is 0 Å². The Morgan fingerprint density at radius 3 is 1.03 bits per heavy atom. The zero-order valence-electron chi connectivity index (χ0n) is 42.3. The Kier molecular flexibility index (Phi) is 50.4. The summed E-state index contributed by atoms with van der Waals surface area (Å²) in [7, 11) is 0. The van der Waals surface area contributed by atoms with Crippen LogP contribution in [0.5, 0.6) is 0 Å². The number of rotatable bonds is 49. The van der Waals surface area contributed by atoms with Gasteiger partial charge in [-0.05, 0) is 96.3 Å². The second-order valence-electron chi connectivity index (χ2n) is 18.1. The van der Waals surface area contributed by atoms with Crippen molar-refractivity contribution in [1.82, 2.24) is 0 Å². The van der Waals surface area contributed by atoms with Gasteiger partial charge in [-0.1, -0.05) is 216 Å². The standard InChI is InChI=1S/C58H102O6/c1-4-7-10-13-16-19-22-24-26-28-29-30-32-33-36-39-42-45-48-51-57(60)63-54-55(53-62-56(59)50-47-44-41-38-35-21-18-15-12-9-6-3)64-58(61)52-49-46-43-40-37-34-31-27-25-23-20-17-14-11-8-5-2/h9,12,18,21,27-29,31,38,41,55H,4-8,10-11,13-17,19-20,22-26,30,32-37,39-40,42-54H2,1-3H3/b12-9-,21-18-,29-28-,31-27-,41-38-. The molecule has 1 unspecified atom stereocenters. The van der Waals surface area contributed by atoms with Gasteiger partial charge in [0.15, 0.2) is 6.10 Å². The van der Waals surface area contributed by atoms with Gasteiger partial charge in [0.05, 0.1) is 0 Å². The van der Waals surface area contributed by atoms with Crippen LogP contribution in [0.4, 0.5) is 0 Å². The molecule has 0 aliphatic heterocycles. The summed E-state index contributed by atoms with van der Waals surface area (Å²) in [6, 6.07) is 0. The van der Waals surface area contributed by atoms with Crippen molar-refractivity contribution < 1.29 is 28.6 Å². The number of hydrogen-bond acceptors (Lipinski definition) is 6. The van der Waals surface area contributed by atoms with E-state index in [1.54, 1.807) is 0 Å². The van der Waals surface area contributed by atoms with Crippen molar-refractivity contribution in [3.63, 3.8) is 0 Å². The third-order valence-corrected chi connectivity index (χ3v) is 11.7. The minimum absolute atomic E-state index is 0.0948. The van der Waals surface area contributed by atoms with Crippen LogP contribution in [0.2, 0.25) is 0 Å². The third kappa shape index (κ3) is 50.1. The van der Waals surface area contributed by atoms with Crippen molar-refractivity contribution in [2.45, 2.75) is 277 Å². The molecule has 0 aliphatic rings. The number of esters is 3. The molecule has 0 N–H and O–H groups in total. The zero-order chi connectivity index (χ0) is 46.5. The Hall–Kier alpha value is -2.89. The van der Waals surface area contributed by atoms with Crippen LogP contribution in [0.25, 0.3) is 0 Å². The molecule has 0 spiro atoms. The molecule has 370 valence electrons. The van der Waals surface area contributed by atoms with E-state index in [1.165, 1.54) is 148 Å². The summed E-state index contributed by atoms with van der Waals surface area (Å²) in [5, 5.41) is 0. The van der Waals surface area contributed by atoms with Crippen LogP contribution in [-0.4, -0.2) is 37.2 Å². The number of carbonyl (C=O) groups excluding carboxylic acids is 3. The van der Waals surface area contributed by atoms with Gasteiger partial charge >= 0.3 is 17.9 Å². The lowest BCUT2D eigenvalue weighted by Crippen LogP contribution is -2.30. The van der Waals surface area contributed by atoms with E-state index in [-0.39, 0.29) is 37.5 Å². The van der Waals surface area contributed by atoms with Crippen molar-refractivity contribution in [2.24, 2.45) is 0 Å². The molecule has 64 heavy (non-hydrogen) atoms. The first-order valence-corrected chi connectivity index (χ1v) is 27.3. The molecular weight excluding hydrogens is 793 g/mol. The van der Waals surface area contributed by atoms with E-state index in [1.807, 2.05) is 0 Å². The van der Waals surface area contributed by atoms with Crippen molar-refractivity contribution in [2.75, 3.05) is 13.2 Å². The van der Waals surface area contributed by atoms with E-state index in [0.717, 1.165) is 77.0 Å². The maximum atomic E-state index is 12.8. The number of ether oxygens (including phenoxy) is 3. The smallest absolute Gasteiger partial charge is 0.306 e. The van der Waals surface area contributed by atoms with E-state index < -0.39 is 6.10 Å². The average molecular weight is 895 g/mol. The lowest BCUT2D eigenvalue weighted by atomic mass is 10.1. The molecule has 0 aromatic rings. The van der Waals surface area contributed by atoms with Crippen LogP contribution < -0.4 is 0 Å². The number of unbranched alkanes of at least 4 members (excludes halogenated alkanes) is 28. The first-order valence-electron chi connectivity index (χ1n) is 27.3. The summed E-state index contributed by atoms with van der Waals surface area (Å²) in [5.74, 6) is -0.958. The minimum Gasteiger partial charge on any atom is -0.462 e. The van der Waals surface area contributed by atoms with Crippen LogP contribution in [0.1, 0.15) is 271 Å². The van der Waals surface area contributed by atoms with Gasteiger partial charge in [0.25, 0.3) is 0 Å². The van der Waals surface area contributed by atoms with Crippen molar-refractivity contribution in [3.05, 3.63) is 60.8 Å². The first-order chi connectivity index (χ1) is 31.5. The van der Waals surface area contributed by atoms with Gasteiger partial charge in [-0.3, -0.25) is 14.4 Å². The second-order valence-corrected chi connectivity index (χ2v) is 18.1. The van der Waals surface area contributed by atoms with E-state index in [4.69, 9.17) is 14.2 Å². The molecule has 0 aromatic carbocycles. The van der Waals surface area contributed by atoms with Gasteiger partial charge in [0, 0.05) is 19.3 Å². The molecule has 0 rings (SSSR count). The van der Waals surface area contributed by atoms with Crippen LogP contribution >= 0.6 is 0 Å². The van der Waals surface area contributed by atoms with Gasteiger partial charge in [-0.25, -0.2) is 0 Å². The SMILES string of the molecule is CC/C=C\C/C=C\C/C=C\CCCC(=O)OCC(COC(=O)CCCCCCCCC/C=C\CCCCCCCCCC)OC(=O)CCCCCCC/C=C\CCCCCCCCC. The number of carbonyl (C=O) groups is 3. The molecule has 0 aromatic heterocycles. The normalized spacial score (nSPS) is 12.5. The monoisotopic (exact) mass is 895 g/mol. The Labute approximate surface area is 396 Å². The van der Waals surface area contributed by atoms with Crippen LogP contribution in [0.3, 0.4) is 0 Å². The first kappa shape index (κ1) is 61.1. The Balaban J connectivity index is 4.37. The zero-order valence-corrected chi connectivity index (χ0v) is 42.3. The van der Waals surface area contributed by atoms with E-state index in [9.17, 15) is 14.4 Å². The molecule has 0 radical (unpaired) electrons. The fourth-order valence-corrected chi connectivity index (χ4v) is 7.63. The second kappa shape index (κ2) is 52.7. The molecule has 0 aliphatic carbocycles. The predicted octanol–water partition coefficient (Wildman–Crippen LogP) is 18.0. The highest BCUT2D eigenvalue weighted by Crippen LogP contribution is 2.15. The predicted molar refractivity (Wildman–Crippen MR) is 275 cm³/mol. The van der Waals surface area contributed by atoms with Gasteiger partial charge in [-0.15, -0.1) is 0 Å². The maximum absolute atomic E-state index is 12.8. The average Bonchev–Trinajstić information content (AvgIpc) is 3.29. The molecule has 0 amide bonds. The van der Waals surface area contributed by atoms with E-state index in [0.29, 0.717) is 19.3 Å². The molecular formula is C58H102O6. The molecule has 0 bridgehead atoms. The quantitative estimate of drug-likeness (QED) is 0.0262. The van der Waals surface area contributed by atoms with Crippen molar-refractivity contribution in [1.29, 1.82) is 0 Å². The third-order valence-electron chi connectivity index (χ3n) is 11.7. The highest BCUT2D eigenvalue weighted by atomic mass is 16.6. The summed E-state index contributed by atoms with van der Waals surface area (Å²) in [5.41, 5.74) is 0. The van der Waals surface area contributed by atoms with Gasteiger partial charge in [0.1, 0.15) is 13.2 Å². The van der Waals surface area contributed by atoms with E-state index in [2.05, 4.69) is 81.5 Å². The number of allylic oxidation sites excluding steroid dienone is 10. The van der Waals surface area contributed by atoms with E-state index >= 15 is 0 Å². The number of hydrogen-bond donors (Lipinski definition) is 0. The highest BCUT2D eigenvalue weighted by Gasteiger charge is 2.19. The Morgan fingerprint density at radius 1 is 0.328 bits per heavy atom. The lowest BCUT2D eigenvalue weighted by Gasteiger charge is -2.18. The highest BCUT2D eigenvalue weighted by molar-refractivity contribution is 5.71. The summed E-state index contributed by atoms with van der Waals surface area (Å²) in [6.07, 6.45) is 65.1. The molecule has 1 atom stereocenters. The van der Waals surface area contributed by atoms with Gasteiger partial charge in [0.2, 0.25) is 0 Å². The van der Waals surface area contributed by atoms with Crippen LogP contribution in [-0.2, 0) is 28.6 Å².